The molecule has 1 atom stereocenters. The summed E-state index contributed by atoms with van der Waals surface area (Å²) in [5.41, 5.74) is 1.06. The number of rotatable bonds is 5. The fourth-order valence-electron chi connectivity index (χ4n) is 4.01. The highest BCUT2D eigenvalue weighted by atomic mass is 16.2. The molecule has 2 heterocycles. The van der Waals surface area contributed by atoms with Crippen molar-refractivity contribution >= 4 is 34.4 Å². The largest absolute Gasteiger partial charge is 0.325 e. The number of fused-ring (bicyclic) bond motifs is 1. The van der Waals surface area contributed by atoms with Gasteiger partial charge in [0.25, 0.3) is 5.91 Å². The zero-order valence-electron chi connectivity index (χ0n) is 17.8. The number of amides is 4. The standard InChI is InChI=1S/C25H21N5O3/c1-25(19-12-11-16-7-5-6-10-18(16)13-19)23(32)30(24(33)27-25)15-22(31)26-21-14-20(28-29-21)17-8-3-2-4-9-17/h2-14H,15H2,1H3,(H,27,33)(H2,26,28,29,31). The number of hydrogen-bond acceptors (Lipinski definition) is 4. The first kappa shape index (κ1) is 20.4. The third-order valence-corrected chi connectivity index (χ3v) is 5.83. The van der Waals surface area contributed by atoms with Crippen molar-refractivity contribution in [3.63, 3.8) is 0 Å². The summed E-state index contributed by atoms with van der Waals surface area (Å²) < 4.78 is 0. The van der Waals surface area contributed by atoms with Crippen LogP contribution in [0.2, 0.25) is 0 Å². The molecular formula is C25H21N5O3. The van der Waals surface area contributed by atoms with E-state index in [2.05, 4.69) is 20.8 Å². The molecule has 5 rings (SSSR count). The van der Waals surface area contributed by atoms with Gasteiger partial charge in [0, 0.05) is 6.07 Å². The van der Waals surface area contributed by atoms with Gasteiger partial charge >= 0.3 is 6.03 Å². The van der Waals surface area contributed by atoms with Gasteiger partial charge in [-0.3, -0.25) is 19.6 Å². The monoisotopic (exact) mass is 439 g/mol. The Morgan fingerprint density at radius 2 is 1.70 bits per heavy atom. The number of carbonyl (C=O) groups is 3. The van der Waals surface area contributed by atoms with Crippen LogP contribution in [-0.2, 0) is 15.1 Å². The molecule has 0 spiro atoms. The SMILES string of the molecule is CC1(c2ccc3ccccc3c2)NC(=O)N(CC(=O)Nc2cc(-c3ccccc3)[nH]n2)C1=O. The van der Waals surface area contributed by atoms with Gasteiger partial charge in [0.1, 0.15) is 12.1 Å². The fraction of sp³-hybridized carbons (Fsp3) is 0.120. The van der Waals surface area contributed by atoms with Gasteiger partial charge < -0.3 is 10.6 Å². The van der Waals surface area contributed by atoms with Gasteiger partial charge in [0.15, 0.2) is 5.82 Å². The minimum Gasteiger partial charge on any atom is -0.319 e. The highest BCUT2D eigenvalue weighted by Gasteiger charge is 2.49. The Kier molecular flexibility index (Phi) is 4.90. The molecule has 8 heteroatoms. The van der Waals surface area contributed by atoms with Gasteiger partial charge in [-0.05, 0) is 34.9 Å². The molecule has 1 aliphatic rings. The molecule has 1 unspecified atom stereocenters. The molecule has 33 heavy (non-hydrogen) atoms. The number of anilines is 1. The van der Waals surface area contributed by atoms with Crippen molar-refractivity contribution in [2.75, 3.05) is 11.9 Å². The number of urea groups is 1. The number of nitrogens with one attached hydrogen (secondary N) is 3. The van der Waals surface area contributed by atoms with E-state index in [9.17, 15) is 14.4 Å². The van der Waals surface area contributed by atoms with Gasteiger partial charge in [0.05, 0.1) is 5.69 Å². The van der Waals surface area contributed by atoms with Crippen molar-refractivity contribution in [2.24, 2.45) is 0 Å². The quantitative estimate of drug-likeness (QED) is 0.413. The summed E-state index contributed by atoms with van der Waals surface area (Å²) in [4.78, 5) is 39.3. The zero-order chi connectivity index (χ0) is 23.0. The Hall–Kier alpha value is -4.46. The molecule has 4 amide bonds. The van der Waals surface area contributed by atoms with Crippen LogP contribution in [0.15, 0.2) is 78.9 Å². The highest BCUT2D eigenvalue weighted by Crippen LogP contribution is 2.31. The van der Waals surface area contributed by atoms with Crippen molar-refractivity contribution in [3.8, 4) is 11.3 Å². The van der Waals surface area contributed by atoms with Crippen LogP contribution >= 0.6 is 0 Å². The van der Waals surface area contributed by atoms with Crippen LogP contribution in [0.1, 0.15) is 12.5 Å². The molecule has 1 saturated heterocycles. The van der Waals surface area contributed by atoms with Gasteiger partial charge in [-0.1, -0.05) is 66.7 Å². The predicted octanol–water partition coefficient (Wildman–Crippen LogP) is 3.64. The van der Waals surface area contributed by atoms with E-state index in [0.717, 1.165) is 26.9 Å². The van der Waals surface area contributed by atoms with Crippen molar-refractivity contribution in [1.29, 1.82) is 0 Å². The summed E-state index contributed by atoms with van der Waals surface area (Å²) in [7, 11) is 0. The Morgan fingerprint density at radius 3 is 2.48 bits per heavy atom. The molecule has 1 aromatic heterocycles. The van der Waals surface area contributed by atoms with Crippen LogP contribution in [0.3, 0.4) is 0 Å². The number of imide groups is 1. The molecule has 1 fully saturated rings. The Labute approximate surface area is 189 Å². The van der Waals surface area contributed by atoms with Crippen molar-refractivity contribution in [2.45, 2.75) is 12.5 Å². The number of H-pyrrole nitrogens is 1. The molecule has 4 aromatic rings. The molecule has 3 N–H and O–H groups in total. The van der Waals surface area contributed by atoms with E-state index in [1.807, 2.05) is 72.8 Å². The number of nitrogens with zero attached hydrogens (tertiary/aromatic N) is 2. The molecule has 8 nitrogen and oxygen atoms in total. The normalized spacial score (nSPS) is 17.9. The van der Waals surface area contributed by atoms with E-state index in [0.29, 0.717) is 11.4 Å². The lowest BCUT2D eigenvalue weighted by Crippen LogP contribution is -2.42. The van der Waals surface area contributed by atoms with E-state index >= 15 is 0 Å². The maximum absolute atomic E-state index is 13.2. The molecule has 164 valence electrons. The van der Waals surface area contributed by atoms with E-state index in [4.69, 9.17) is 0 Å². The first-order valence-electron chi connectivity index (χ1n) is 10.5. The van der Waals surface area contributed by atoms with E-state index in [1.165, 1.54) is 0 Å². The van der Waals surface area contributed by atoms with E-state index in [-0.39, 0.29) is 0 Å². The highest BCUT2D eigenvalue weighted by molar-refractivity contribution is 6.10. The summed E-state index contributed by atoms with van der Waals surface area (Å²) in [6, 6.07) is 24.0. The minimum absolute atomic E-state index is 0.309. The van der Waals surface area contributed by atoms with Crippen molar-refractivity contribution in [1.82, 2.24) is 20.4 Å². The number of aromatic nitrogens is 2. The first-order valence-corrected chi connectivity index (χ1v) is 10.5. The van der Waals surface area contributed by atoms with Crippen LogP contribution in [0, 0.1) is 0 Å². The second-order valence-corrected chi connectivity index (χ2v) is 8.09. The second kappa shape index (κ2) is 7.90. The molecule has 3 aromatic carbocycles. The van der Waals surface area contributed by atoms with Crippen LogP contribution in [-0.4, -0.2) is 39.5 Å². The van der Waals surface area contributed by atoms with Gasteiger partial charge in [-0.15, -0.1) is 0 Å². The smallest absolute Gasteiger partial charge is 0.319 e. The lowest BCUT2D eigenvalue weighted by atomic mass is 9.90. The second-order valence-electron chi connectivity index (χ2n) is 8.09. The Balaban J connectivity index is 1.31. The number of hydrogen-bond donors (Lipinski definition) is 3. The van der Waals surface area contributed by atoms with Crippen molar-refractivity contribution < 1.29 is 14.4 Å². The van der Waals surface area contributed by atoms with E-state index in [1.54, 1.807) is 13.0 Å². The number of benzene rings is 3. The summed E-state index contributed by atoms with van der Waals surface area (Å²) in [6.07, 6.45) is 0. The number of aromatic amines is 1. The predicted molar refractivity (Wildman–Crippen MR) is 124 cm³/mol. The molecular weight excluding hydrogens is 418 g/mol. The van der Waals surface area contributed by atoms with Crippen LogP contribution in [0.25, 0.3) is 22.0 Å². The lowest BCUT2D eigenvalue weighted by Gasteiger charge is -2.22. The Morgan fingerprint density at radius 1 is 0.970 bits per heavy atom. The fourth-order valence-corrected chi connectivity index (χ4v) is 4.01. The molecule has 1 aliphatic heterocycles. The first-order chi connectivity index (χ1) is 15.9. The van der Waals surface area contributed by atoms with Gasteiger partial charge in [-0.25, -0.2) is 4.79 Å². The molecule has 0 saturated carbocycles. The summed E-state index contributed by atoms with van der Waals surface area (Å²) >= 11 is 0. The summed E-state index contributed by atoms with van der Waals surface area (Å²) in [5, 5.41) is 14.3. The Bertz CT molecular complexity index is 1380. The average molecular weight is 439 g/mol. The van der Waals surface area contributed by atoms with Crippen LogP contribution < -0.4 is 10.6 Å². The number of carbonyl (C=O) groups excluding carboxylic acids is 3. The van der Waals surface area contributed by atoms with Crippen LogP contribution in [0.5, 0.6) is 0 Å². The maximum atomic E-state index is 13.2. The third kappa shape index (κ3) is 3.71. The lowest BCUT2D eigenvalue weighted by molar-refractivity contribution is -0.133. The minimum atomic E-state index is -1.26. The van der Waals surface area contributed by atoms with Crippen molar-refractivity contribution in [3.05, 3.63) is 84.4 Å². The van der Waals surface area contributed by atoms with Gasteiger partial charge in [0.2, 0.25) is 5.91 Å². The van der Waals surface area contributed by atoms with Gasteiger partial charge in [-0.2, -0.15) is 5.10 Å². The zero-order valence-corrected chi connectivity index (χ0v) is 17.8. The maximum Gasteiger partial charge on any atom is 0.325 e. The van der Waals surface area contributed by atoms with E-state index < -0.39 is 29.9 Å². The van der Waals surface area contributed by atoms with Crippen LogP contribution in [0.4, 0.5) is 10.6 Å². The summed E-state index contributed by atoms with van der Waals surface area (Å²) in [5.74, 6) is -0.694. The molecule has 0 radical (unpaired) electrons. The third-order valence-electron chi connectivity index (χ3n) is 5.83. The molecule has 0 aliphatic carbocycles. The average Bonchev–Trinajstić information content (AvgIpc) is 3.38. The molecule has 0 bridgehead atoms. The summed E-state index contributed by atoms with van der Waals surface area (Å²) in [6.45, 7) is 1.23. The topological polar surface area (TPSA) is 107 Å².